The van der Waals surface area contributed by atoms with E-state index in [2.05, 4.69) is 10.2 Å². The molecule has 0 unspecified atom stereocenters. The van der Waals surface area contributed by atoms with Gasteiger partial charge in [0.15, 0.2) is 11.0 Å². The van der Waals surface area contributed by atoms with Gasteiger partial charge in [0.25, 0.3) is 0 Å². The van der Waals surface area contributed by atoms with Crippen molar-refractivity contribution in [2.45, 2.75) is 32.0 Å². The highest BCUT2D eigenvalue weighted by Gasteiger charge is 2.21. The number of carbonyl (C=O) groups excluding carboxylic acids is 2. The lowest BCUT2D eigenvalue weighted by molar-refractivity contribution is -0.118. The van der Waals surface area contributed by atoms with E-state index in [1.54, 1.807) is 22.8 Å². The topological polar surface area (TPSA) is 94.1 Å². The van der Waals surface area contributed by atoms with Crippen LogP contribution in [0.3, 0.4) is 0 Å². The number of amides is 2. The summed E-state index contributed by atoms with van der Waals surface area (Å²) in [5.74, 6) is -1.08. The summed E-state index contributed by atoms with van der Waals surface area (Å²) in [7, 11) is 0. The lowest BCUT2D eigenvalue weighted by Gasteiger charge is -2.22. The Morgan fingerprint density at radius 1 is 1.09 bits per heavy atom. The molecule has 0 aliphatic carbocycles. The maximum atomic E-state index is 14.4. The van der Waals surface area contributed by atoms with Gasteiger partial charge >= 0.3 is 0 Å². The minimum Gasteiger partial charge on any atom is -0.370 e. The molecule has 2 aromatic carbocycles. The summed E-state index contributed by atoms with van der Waals surface area (Å²) in [6.45, 7) is 4.64. The van der Waals surface area contributed by atoms with Crippen LogP contribution in [-0.2, 0) is 16.1 Å². The van der Waals surface area contributed by atoms with Crippen LogP contribution in [0.4, 0.5) is 14.5 Å². The van der Waals surface area contributed by atoms with Crippen molar-refractivity contribution >= 4 is 29.3 Å². The van der Waals surface area contributed by atoms with Gasteiger partial charge in [0.2, 0.25) is 11.8 Å². The van der Waals surface area contributed by atoms with E-state index in [1.165, 1.54) is 35.2 Å². The number of thioether (sulfide) groups is 1. The van der Waals surface area contributed by atoms with Gasteiger partial charge < -0.3 is 15.2 Å². The molecule has 3 rings (SSSR count). The molecule has 1 aromatic heterocycles. The molecule has 0 aliphatic heterocycles. The number of rotatable bonds is 10. The van der Waals surface area contributed by atoms with Crippen molar-refractivity contribution < 1.29 is 18.4 Å². The second-order valence-electron chi connectivity index (χ2n) is 7.82. The average Bonchev–Trinajstić information content (AvgIpc) is 3.15. The fourth-order valence-electron chi connectivity index (χ4n) is 3.21. The summed E-state index contributed by atoms with van der Waals surface area (Å²) in [6, 6.07) is 11.7. The Bertz CT molecular complexity index is 1120. The highest BCUT2D eigenvalue weighted by molar-refractivity contribution is 7.99. The fourth-order valence-corrected chi connectivity index (χ4v) is 4.04. The smallest absolute Gasteiger partial charge is 0.237 e. The van der Waals surface area contributed by atoms with Crippen molar-refractivity contribution in [3.05, 3.63) is 60.2 Å². The van der Waals surface area contributed by atoms with Crippen LogP contribution in [0.5, 0.6) is 0 Å². The molecule has 174 valence electrons. The van der Waals surface area contributed by atoms with E-state index in [-0.39, 0.29) is 30.5 Å². The molecule has 2 N–H and O–H groups in total. The van der Waals surface area contributed by atoms with Crippen molar-refractivity contribution in [2.24, 2.45) is 11.7 Å². The first-order valence-corrected chi connectivity index (χ1v) is 11.4. The first-order valence-electron chi connectivity index (χ1n) is 10.4. The van der Waals surface area contributed by atoms with Crippen molar-refractivity contribution in [1.29, 1.82) is 0 Å². The van der Waals surface area contributed by atoms with Crippen molar-refractivity contribution in [2.75, 3.05) is 17.2 Å². The van der Waals surface area contributed by atoms with E-state index >= 15 is 0 Å². The number of benzene rings is 2. The summed E-state index contributed by atoms with van der Waals surface area (Å²) in [6.07, 6.45) is -0.0330. The molecule has 0 radical (unpaired) electrons. The third-order valence-corrected chi connectivity index (χ3v) is 5.68. The highest BCUT2D eigenvalue weighted by Crippen LogP contribution is 2.27. The number of hydrogen-bond acceptors (Lipinski definition) is 5. The monoisotopic (exact) mass is 473 g/mol. The van der Waals surface area contributed by atoms with Gasteiger partial charge in [-0.1, -0.05) is 37.7 Å². The summed E-state index contributed by atoms with van der Waals surface area (Å²) < 4.78 is 29.5. The van der Waals surface area contributed by atoms with Gasteiger partial charge in [-0.3, -0.25) is 9.59 Å². The zero-order valence-corrected chi connectivity index (χ0v) is 19.2. The largest absolute Gasteiger partial charge is 0.370 e. The van der Waals surface area contributed by atoms with Gasteiger partial charge in [-0.25, -0.2) is 8.78 Å². The van der Waals surface area contributed by atoms with Crippen LogP contribution in [0.15, 0.2) is 53.7 Å². The van der Waals surface area contributed by atoms with Gasteiger partial charge in [-0.2, -0.15) is 0 Å². The second kappa shape index (κ2) is 11.0. The second-order valence-corrected chi connectivity index (χ2v) is 8.76. The van der Waals surface area contributed by atoms with Crippen LogP contribution in [0, 0.1) is 17.6 Å². The first kappa shape index (κ1) is 24.4. The summed E-state index contributed by atoms with van der Waals surface area (Å²) in [5, 5.41) is 8.84. The predicted octanol–water partition coefficient (Wildman–Crippen LogP) is 3.88. The van der Waals surface area contributed by atoms with Crippen molar-refractivity contribution in [3.63, 3.8) is 0 Å². The lowest BCUT2D eigenvalue weighted by atomic mass is 10.2. The summed E-state index contributed by atoms with van der Waals surface area (Å²) >= 11 is 1.16. The van der Waals surface area contributed by atoms with E-state index in [0.717, 1.165) is 11.8 Å². The molecule has 0 fully saturated rings. The number of hydrogen-bond donors (Lipinski definition) is 1. The Kier molecular flexibility index (Phi) is 8.16. The number of nitrogens with two attached hydrogens (primary N) is 1. The lowest BCUT2D eigenvalue weighted by Crippen LogP contribution is -2.35. The summed E-state index contributed by atoms with van der Waals surface area (Å²) in [4.78, 5) is 25.7. The molecule has 3 aromatic rings. The Morgan fingerprint density at radius 3 is 2.42 bits per heavy atom. The number of nitrogens with zero attached hydrogens (tertiary/aromatic N) is 4. The first-order chi connectivity index (χ1) is 15.8. The van der Waals surface area contributed by atoms with Gasteiger partial charge in [0, 0.05) is 25.2 Å². The Labute approximate surface area is 195 Å². The van der Waals surface area contributed by atoms with E-state index < -0.39 is 17.5 Å². The van der Waals surface area contributed by atoms with E-state index in [4.69, 9.17) is 5.73 Å². The predicted molar refractivity (Wildman–Crippen MR) is 124 cm³/mol. The van der Waals surface area contributed by atoms with Gasteiger partial charge in [0.1, 0.15) is 11.6 Å². The van der Waals surface area contributed by atoms with Crippen LogP contribution in [0.2, 0.25) is 0 Å². The Balaban J connectivity index is 1.83. The third kappa shape index (κ3) is 6.38. The molecule has 1 heterocycles. The van der Waals surface area contributed by atoms with Crippen molar-refractivity contribution in [1.82, 2.24) is 14.8 Å². The van der Waals surface area contributed by atoms with E-state index in [1.807, 2.05) is 13.8 Å². The molecule has 0 bridgehead atoms. The fraction of sp³-hybridized carbons (Fsp3) is 0.304. The standard InChI is InChI=1S/C23H25F2N5O2S/c1-15(2)13-30-22(18-5-3-4-6-19(18)25)27-28-23(30)33-14-21(32)29(12-11-20(26)31)17-9-7-16(24)8-10-17/h3-10,15H,11-14H2,1-2H3,(H2,26,31). The maximum absolute atomic E-state index is 14.4. The number of halogens is 2. The molecular formula is C23H25F2N5O2S. The van der Waals surface area contributed by atoms with Gasteiger partial charge in [-0.15, -0.1) is 10.2 Å². The molecule has 10 heteroatoms. The van der Waals surface area contributed by atoms with Crippen molar-refractivity contribution in [3.8, 4) is 11.4 Å². The summed E-state index contributed by atoms with van der Waals surface area (Å²) in [5.41, 5.74) is 6.04. The molecule has 0 saturated heterocycles. The number of anilines is 1. The van der Waals surface area contributed by atoms with E-state index in [9.17, 15) is 18.4 Å². The van der Waals surface area contributed by atoms with Gasteiger partial charge in [-0.05, 0) is 42.3 Å². The Hall–Kier alpha value is -3.27. The highest BCUT2D eigenvalue weighted by atomic mass is 32.2. The van der Waals surface area contributed by atoms with Crippen LogP contribution >= 0.6 is 11.8 Å². The quantitative estimate of drug-likeness (QED) is 0.451. The van der Waals surface area contributed by atoms with Crippen LogP contribution < -0.4 is 10.6 Å². The Morgan fingerprint density at radius 2 is 1.79 bits per heavy atom. The van der Waals surface area contributed by atoms with Crippen LogP contribution in [0.1, 0.15) is 20.3 Å². The third-order valence-electron chi connectivity index (χ3n) is 4.73. The van der Waals surface area contributed by atoms with Crippen LogP contribution in [0.25, 0.3) is 11.4 Å². The molecule has 7 nitrogen and oxygen atoms in total. The molecule has 33 heavy (non-hydrogen) atoms. The minimum absolute atomic E-state index is 0.0103. The van der Waals surface area contributed by atoms with E-state index in [0.29, 0.717) is 28.8 Å². The van der Waals surface area contributed by atoms with Crippen LogP contribution in [-0.4, -0.2) is 38.9 Å². The molecule has 0 saturated carbocycles. The number of aromatic nitrogens is 3. The number of carbonyl (C=O) groups is 2. The SMILES string of the molecule is CC(C)Cn1c(SCC(=O)N(CCC(N)=O)c2ccc(F)cc2)nnc1-c1ccccc1F. The average molecular weight is 474 g/mol. The molecular weight excluding hydrogens is 448 g/mol. The zero-order valence-electron chi connectivity index (χ0n) is 18.4. The molecule has 2 amide bonds. The van der Waals surface area contributed by atoms with Gasteiger partial charge in [0.05, 0.1) is 11.3 Å². The normalized spacial score (nSPS) is 11.1. The zero-order chi connectivity index (χ0) is 24.0. The molecule has 0 spiro atoms. The molecule has 0 atom stereocenters. The minimum atomic E-state index is -0.547. The maximum Gasteiger partial charge on any atom is 0.237 e. The number of primary amides is 1. The molecule has 0 aliphatic rings.